The summed E-state index contributed by atoms with van der Waals surface area (Å²) >= 11 is 5.83. The lowest BCUT2D eigenvalue weighted by molar-refractivity contribution is 0.0602. The minimum Gasteiger partial charge on any atom is -0.465 e. The van der Waals surface area contributed by atoms with Gasteiger partial charge >= 0.3 is 5.97 Å². The number of methoxy groups -OCH3 is 1. The highest BCUT2D eigenvalue weighted by atomic mass is 35.5. The monoisotopic (exact) mass is 311 g/mol. The highest BCUT2D eigenvalue weighted by molar-refractivity contribution is 6.31. The smallest absolute Gasteiger partial charge is 0.340 e. The van der Waals surface area contributed by atoms with E-state index in [1.165, 1.54) is 31.4 Å². The molecule has 0 aliphatic heterocycles. The van der Waals surface area contributed by atoms with Gasteiger partial charge in [0.05, 0.1) is 12.7 Å². The lowest BCUT2D eigenvalue weighted by Gasteiger charge is -2.12. The zero-order valence-corrected chi connectivity index (χ0v) is 11.9. The molecule has 0 atom stereocenters. The average Bonchev–Trinajstić information content (AvgIpc) is 2.47. The van der Waals surface area contributed by atoms with Crippen LogP contribution >= 0.6 is 11.6 Å². The van der Waals surface area contributed by atoms with Crippen molar-refractivity contribution in [3.63, 3.8) is 0 Å². The number of anilines is 1. The van der Waals surface area contributed by atoms with Gasteiger partial charge < -0.3 is 10.1 Å². The molecular weight excluding hydrogens is 300 g/mol. The molecule has 3 nitrogen and oxygen atoms in total. The lowest BCUT2D eigenvalue weighted by atomic mass is 10.1. The fourth-order valence-corrected chi connectivity index (χ4v) is 2.01. The Morgan fingerprint density at radius 1 is 1.24 bits per heavy atom. The van der Waals surface area contributed by atoms with Gasteiger partial charge in [0.1, 0.15) is 11.6 Å². The summed E-state index contributed by atoms with van der Waals surface area (Å²) in [5.41, 5.74) is 0.471. The van der Waals surface area contributed by atoms with Gasteiger partial charge in [0, 0.05) is 22.8 Å². The molecule has 0 heterocycles. The maximum absolute atomic E-state index is 13.5. The van der Waals surface area contributed by atoms with E-state index in [1.807, 2.05) is 0 Å². The van der Waals surface area contributed by atoms with Crippen molar-refractivity contribution < 1.29 is 18.3 Å². The van der Waals surface area contributed by atoms with E-state index in [0.29, 0.717) is 10.7 Å². The van der Waals surface area contributed by atoms with Gasteiger partial charge in [0.15, 0.2) is 0 Å². The summed E-state index contributed by atoms with van der Waals surface area (Å²) in [6.07, 6.45) is 0. The number of halogens is 3. The summed E-state index contributed by atoms with van der Waals surface area (Å²) in [5, 5.41) is 3.17. The number of benzene rings is 2. The van der Waals surface area contributed by atoms with E-state index in [-0.39, 0.29) is 17.7 Å². The molecule has 0 saturated heterocycles. The van der Waals surface area contributed by atoms with Gasteiger partial charge in [-0.15, -0.1) is 0 Å². The lowest BCUT2D eigenvalue weighted by Crippen LogP contribution is -2.10. The van der Waals surface area contributed by atoms with E-state index in [0.717, 1.165) is 0 Å². The summed E-state index contributed by atoms with van der Waals surface area (Å²) in [7, 11) is 1.24. The first-order valence-electron chi connectivity index (χ1n) is 6.07. The highest BCUT2D eigenvalue weighted by Gasteiger charge is 2.14. The van der Waals surface area contributed by atoms with Crippen molar-refractivity contribution in [2.45, 2.75) is 6.54 Å². The number of carbonyl (C=O) groups excluding carboxylic acids is 1. The van der Waals surface area contributed by atoms with Crippen molar-refractivity contribution in [1.82, 2.24) is 0 Å². The molecule has 2 rings (SSSR count). The molecule has 0 aliphatic carbocycles. The first-order chi connectivity index (χ1) is 10.0. The summed E-state index contributed by atoms with van der Waals surface area (Å²) in [4.78, 5) is 11.7. The minimum atomic E-state index is -0.656. The predicted molar refractivity (Wildman–Crippen MR) is 76.5 cm³/mol. The third kappa shape index (κ3) is 3.49. The van der Waals surface area contributed by atoms with Crippen LogP contribution in [0.4, 0.5) is 14.5 Å². The molecule has 1 N–H and O–H groups in total. The van der Waals surface area contributed by atoms with E-state index < -0.39 is 17.6 Å². The van der Waals surface area contributed by atoms with Crippen LogP contribution < -0.4 is 5.32 Å². The van der Waals surface area contributed by atoms with Crippen molar-refractivity contribution in [3.05, 3.63) is 64.2 Å². The van der Waals surface area contributed by atoms with Crippen molar-refractivity contribution in [1.29, 1.82) is 0 Å². The standard InChI is InChI=1S/C15H12ClF2NO2/c1-21-15(20)10-7-9(16)5-6-14(10)19-8-11-12(17)3-2-4-13(11)18/h2-7,19H,8H2,1H3. The molecule has 2 aromatic carbocycles. The number of ether oxygens (including phenoxy) is 1. The summed E-state index contributed by atoms with van der Waals surface area (Å²) in [6, 6.07) is 8.16. The Labute approximate surface area is 125 Å². The maximum Gasteiger partial charge on any atom is 0.340 e. The van der Waals surface area contributed by atoms with Crippen LogP contribution in [-0.4, -0.2) is 13.1 Å². The van der Waals surface area contributed by atoms with E-state index in [4.69, 9.17) is 11.6 Å². The SMILES string of the molecule is COC(=O)c1cc(Cl)ccc1NCc1c(F)cccc1F. The van der Waals surface area contributed by atoms with Gasteiger partial charge in [-0.1, -0.05) is 17.7 Å². The largest absolute Gasteiger partial charge is 0.465 e. The van der Waals surface area contributed by atoms with Crippen molar-refractivity contribution in [2.75, 3.05) is 12.4 Å². The number of hydrogen-bond donors (Lipinski definition) is 1. The molecule has 0 unspecified atom stereocenters. The first kappa shape index (κ1) is 15.3. The maximum atomic E-state index is 13.5. The molecule has 0 spiro atoms. The summed E-state index contributed by atoms with van der Waals surface area (Å²) < 4.78 is 31.7. The van der Waals surface area contributed by atoms with Crippen LogP contribution in [-0.2, 0) is 11.3 Å². The molecule has 0 radical (unpaired) electrons. The minimum absolute atomic E-state index is 0.107. The van der Waals surface area contributed by atoms with Crippen LogP contribution in [0.15, 0.2) is 36.4 Å². The van der Waals surface area contributed by atoms with Crippen LogP contribution in [0.3, 0.4) is 0 Å². The molecular formula is C15H12ClF2NO2. The van der Waals surface area contributed by atoms with Gasteiger partial charge in [-0.3, -0.25) is 0 Å². The van der Waals surface area contributed by atoms with Crippen molar-refractivity contribution in [3.8, 4) is 0 Å². The Hall–Kier alpha value is -2.14. The van der Waals surface area contributed by atoms with Gasteiger partial charge in [-0.05, 0) is 30.3 Å². The van der Waals surface area contributed by atoms with E-state index in [1.54, 1.807) is 12.1 Å². The number of nitrogens with one attached hydrogen (secondary N) is 1. The number of carbonyl (C=O) groups is 1. The molecule has 6 heteroatoms. The highest BCUT2D eigenvalue weighted by Crippen LogP contribution is 2.23. The second-order valence-electron chi connectivity index (χ2n) is 4.24. The van der Waals surface area contributed by atoms with Crippen LogP contribution in [0.5, 0.6) is 0 Å². The molecule has 0 fully saturated rings. The Morgan fingerprint density at radius 2 is 1.90 bits per heavy atom. The molecule has 0 bridgehead atoms. The number of hydrogen-bond acceptors (Lipinski definition) is 3. The number of esters is 1. The van der Waals surface area contributed by atoms with Crippen LogP contribution in [0.25, 0.3) is 0 Å². The van der Waals surface area contributed by atoms with Crippen molar-refractivity contribution >= 4 is 23.3 Å². The first-order valence-corrected chi connectivity index (χ1v) is 6.45. The molecule has 0 saturated carbocycles. The molecule has 110 valence electrons. The molecule has 0 amide bonds. The summed E-state index contributed by atoms with van der Waals surface area (Å²) in [6.45, 7) is -0.107. The Balaban J connectivity index is 2.26. The van der Waals surface area contributed by atoms with Gasteiger partial charge in [-0.25, -0.2) is 13.6 Å². The molecule has 0 aliphatic rings. The topological polar surface area (TPSA) is 38.3 Å². The van der Waals surface area contributed by atoms with Gasteiger partial charge in [-0.2, -0.15) is 0 Å². The van der Waals surface area contributed by atoms with E-state index in [2.05, 4.69) is 10.1 Å². The Kier molecular flexibility index (Phi) is 4.75. The molecule has 21 heavy (non-hydrogen) atoms. The molecule has 0 aromatic heterocycles. The van der Waals surface area contributed by atoms with Crippen LogP contribution in [0.2, 0.25) is 5.02 Å². The Morgan fingerprint density at radius 3 is 2.52 bits per heavy atom. The third-order valence-corrected chi connectivity index (χ3v) is 3.14. The second-order valence-corrected chi connectivity index (χ2v) is 4.67. The van der Waals surface area contributed by atoms with Gasteiger partial charge in [0.2, 0.25) is 0 Å². The third-order valence-electron chi connectivity index (χ3n) is 2.90. The van der Waals surface area contributed by atoms with Crippen LogP contribution in [0, 0.1) is 11.6 Å². The van der Waals surface area contributed by atoms with Crippen LogP contribution in [0.1, 0.15) is 15.9 Å². The van der Waals surface area contributed by atoms with E-state index in [9.17, 15) is 13.6 Å². The van der Waals surface area contributed by atoms with Gasteiger partial charge in [0.25, 0.3) is 0 Å². The zero-order chi connectivity index (χ0) is 15.4. The average molecular weight is 312 g/mol. The normalized spacial score (nSPS) is 10.3. The number of rotatable bonds is 4. The zero-order valence-electron chi connectivity index (χ0n) is 11.1. The fourth-order valence-electron chi connectivity index (χ4n) is 1.83. The van der Waals surface area contributed by atoms with Crippen molar-refractivity contribution in [2.24, 2.45) is 0 Å². The molecule has 2 aromatic rings. The second kappa shape index (κ2) is 6.54. The predicted octanol–water partition coefficient (Wildman–Crippen LogP) is 4.02. The summed E-state index contributed by atoms with van der Waals surface area (Å²) in [5.74, 6) is -1.90. The Bertz CT molecular complexity index is 656. The van der Waals surface area contributed by atoms with E-state index >= 15 is 0 Å². The fraction of sp³-hybridized carbons (Fsp3) is 0.133. The quantitative estimate of drug-likeness (QED) is 0.867.